The third-order valence-corrected chi connectivity index (χ3v) is 3.88. The molecule has 2 rings (SSSR count). The van der Waals surface area contributed by atoms with E-state index in [1.807, 2.05) is 6.92 Å². The lowest BCUT2D eigenvalue weighted by Gasteiger charge is -2.15. The quantitative estimate of drug-likeness (QED) is 0.507. The highest BCUT2D eigenvalue weighted by atomic mass is 127. The van der Waals surface area contributed by atoms with Gasteiger partial charge in [0.05, 0.1) is 10.2 Å². The molecule has 0 unspecified atom stereocenters. The number of aliphatic carboxylic acids is 1. The van der Waals surface area contributed by atoms with Gasteiger partial charge in [0, 0.05) is 11.6 Å². The van der Waals surface area contributed by atoms with Crippen LogP contribution in [0.1, 0.15) is 18.1 Å². The van der Waals surface area contributed by atoms with E-state index in [9.17, 15) is 9.18 Å². The molecule has 0 heterocycles. The van der Waals surface area contributed by atoms with Gasteiger partial charge >= 0.3 is 5.97 Å². The number of hydrogen-bond donors (Lipinski definition) is 1. The Morgan fingerprint density at radius 1 is 1.29 bits per heavy atom. The van der Waals surface area contributed by atoms with E-state index in [0.717, 1.165) is 9.65 Å². The fraction of sp³-hybridized carbons (Fsp3) is 0.167. The van der Waals surface area contributed by atoms with Crippen molar-refractivity contribution in [3.63, 3.8) is 0 Å². The van der Waals surface area contributed by atoms with Gasteiger partial charge in [-0.2, -0.15) is 0 Å². The maximum atomic E-state index is 13.7. The molecule has 0 aliphatic carbocycles. The molecule has 24 heavy (non-hydrogen) atoms. The Morgan fingerprint density at radius 3 is 2.71 bits per heavy atom. The first-order valence-corrected chi connectivity index (χ1v) is 8.32. The standard InChI is InChI=1S/C18H16FIO4/c1-2-23-16-10-12(7-8-17(21)22)9-15(20)18(16)24-11-13-5-3-4-6-14(13)19/h3-10H,2,11H2,1H3,(H,21,22). The van der Waals surface area contributed by atoms with Crippen LogP contribution in [0.15, 0.2) is 42.5 Å². The summed E-state index contributed by atoms with van der Waals surface area (Å²) in [5, 5.41) is 8.73. The molecule has 0 atom stereocenters. The summed E-state index contributed by atoms with van der Waals surface area (Å²) in [7, 11) is 0. The zero-order valence-corrected chi connectivity index (χ0v) is 15.1. The molecule has 2 aromatic rings. The van der Waals surface area contributed by atoms with Gasteiger partial charge < -0.3 is 14.6 Å². The fourth-order valence-electron chi connectivity index (χ4n) is 2.02. The highest BCUT2D eigenvalue weighted by Gasteiger charge is 2.13. The lowest BCUT2D eigenvalue weighted by Crippen LogP contribution is -2.03. The van der Waals surface area contributed by atoms with Gasteiger partial charge in [-0.15, -0.1) is 0 Å². The van der Waals surface area contributed by atoms with Crippen molar-refractivity contribution >= 4 is 34.6 Å². The molecule has 0 bridgehead atoms. The molecule has 0 spiro atoms. The summed E-state index contributed by atoms with van der Waals surface area (Å²) in [6.45, 7) is 2.35. The van der Waals surface area contributed by atoms with E-state index in [4.69, 9.17) is 14.6 Å². The monoisotopic (exact) mass is 442 g/mol. The molecule has 1 N–H and O–H groups in total. The number of carboxylic acids is 1. The predicted octanol–water partition coefficient (Wildman–Crippen LogP) is 4.51. The average Bonchev–Trinajstić information content (AvgIpc) is 2.54. The zero-order chi connectivity index (χ0) is 17.5. The third kappa shape index (κ3) is 4.95. The molecule has 6 heteroatoms. The molecular formula is C18H16FIO4. The fourth-order valence-corrected chi connectivity index (χ4v) is 2.80. The number of rotatable bonds is 7. The Labute approximate surface area is 153 Å². The Balaban J connectivity index is 2.27. The molecule has 0 aliphatic rings. The predicted molar refractivity (Wildman–Crippen MR) is 97.7 cm³/mol. The Morgan fingerprint density at radius 2 is 2.04 bits per heavy atom. The summed E-state index contributed by atoms with van der Waals surface area (Å²) in [5.74, 6) is -0.353. The number of carboxylic acid groups (broad SMARTS) is 1. The van der Waals surface area contributed by atoms with Crippen molar-refractivity contribution in [2.24, 2.45) is 0 Å². The van der Waals surface area contributed by atoms with Crippen LogP contribution in [-0.4, -0.2) is 17.7 Å². The zero-order valence-electron chi connectivity index (χ0n) is 13.0. The molecule has 0 saturated carbocycles. The first-order valence-electron chi connectivity index (χ1n) is 7.24. The van der Waals surface area contributed by atoms with Gasteiger partial charge in [-0.1, -0.05) is 18.2 Å². The molecule has 126 valence electrons. The molecular weight excluding hydrogens is 426 g/mol. The van der Waals surface area contributed by atoms with Crippen LogP contribution in [0.25, 0.3) is 6.08 Å². The van der Waals surface area contributed by atoms with Crippen LogP contribution in [0.5, 0.6) is 11.5 Å². The number of carbonyl (C=O) groups is 1. The van der Waals surface area contributed by atoms with Crippen molar-refractivity contribution in [2.45, 2.75) is 13.5 Å². The summed E-state index contributed by atoms with van der Waals surface area (Å²) < 4.78 is 25.8. The minimum Gasteiger partial charge on any atom is -0.490 e. The number of halogens is 2. The van der Waals surface area contributed by atoms with Crippen molar-refractivity contribution in [1.82, 2.24) is 0 Å². The summed E-state index contributed by atoms with van der Waals surface area (Å²) in [6, 6.07) is 9.88. The molecule has 0 aliphatic heterocycles. The van der Waals surface area contributed by atoms with Crippen LogP contribution < -0.4 is 9.47 Å². The highest BCUT2D eigenvalue weighted by molar-refractivity contribution is 14.1. The minimum absolute atomic E-state index is 0.0764. The van der Waals surface area contributed by atoms with E-state index in [0.29, 0.717) is 29.2 Å². The van der Waals surface area contributed by atoms with E-state index in [-0.39, 0.29) is 12.4 Å². The van der Waals surface area contributed by atoms with Gasteiger partial charge in [0.1, 0.15) is 12.4 Å². The van der Waals surface area contributed by atoms with Crippen LogP contribution in [0.3, 0.4) is 0 Å². The Bertz CT molecular complexity index is 759. The average molecular weight is 442 g/mol. The topological polar surface area (TPSA) is 55.8 Å². The summed E-state index contributed by atoms with van der Waals surface area (Å²) >= 11 is 2.08. The SMILES string of the molecule is CCOc1cc(C=CC(=O)O)cc(I)c1OCc1ccccc1F. The smallest absolute Gasteiger partial charge is 0.328 e. The van der Waals surface area contributed by atoms with Crippen LogP contribution >= 0.6 is 22.6 Å². The molecule has 2 aromatic carbocycles. The van der Waals surface area contributed by atoms with Crippen LogP contribution in [-0.2, 0) is 11.4 Å². The Kier molecular flexibility index (Phi) is 6.60. The third-order valence-electron chi connectivity index (χ3n) is 3.08. The number of hydrogen-bond acceptors (Lipinski definition) is 3. The first-order chi connectivity index (χ1) is 11.5. The minimum atomic E-state index is -1.03. The molecule has 0 fully saturated rings. The van der Waals surface area contributed by atoms with Crippen molar-refractivity contribution < 1.29 is 23.8 Å². The van der Waals surface area contributed by atoms with E-state index in [1.165, 1.54) is 12.1 Å². The number of ether oxygens (including phenoxy) is 2. The largest absolute Gasteiger partial charge is 0.490 e. The van der Waals surface area contributed by atoms with Crippen molar-refractivity contribution in [1.29, 1.82) is 0 Å². The lowest BCUT2D eigenvalue weighted by atomic mass is 10.2. The maximum absolute atomic E-state index is 13.7. The van der Waals surface area contributed by atoms with Crippen LogP contribution in [0.4, 0.5) is 4.39 Å². The molecule has 0 radical (unpaired) electrons. The van der Waals surface area contributed by atoms with E-state index < -0.39 is 5.97 Å². The molecule has 0 amide bonds. The first kappa shape index (κ1) is 18.3. The lowest BCUT2D eigenvalue weighted by molar-refractivity contribution is -0.131. The molecule has 0 saturated heterocycles. The molecule has 0 aromatic heterocycles. The normalized spacial score (nSPS) is 10.8. The van der Waals surface area contributed by atoms with Gasteiger partial charge in [0.2, 0.25) is 0 Å². The highest BCUT2D eigenvalue weighted by Crippen LogP contribution is 2.35. The second-order valence-corrected chi connectivity index (χ2v) is 5.98. The van der Waals surface area contributed by atoms with Crippen LogP contribution in [0.2, 0.25) is 0 Å². The molecule has 4 nitrogen and oxygen atoms in total. The van der Waals surface area contributed by atoms with Gasteiger partial charge in [-0.05, 0) is 59.4 Å². The summed E-state index contributed by atoms with van der Waals surface area (Å²) in [4.78, 5) is 10.6. The van der Waals surface area contributed by atoms with Gasteiger partial charge in [-0.25, -0.2) is 9.18 Å². The number of benzene rings is 2. The van der Waals surface area contributed by atoms with Crippen molar-refractivity contribution in [3.05, 3.63) is 63.0 Å². The maximum Gasteiger partial charge on any atom is 0.328 e. The summed E-state index contributed by atoms with van der Waals surface area (Å²) in [6.07, 6.45) is 2.54. The van der Waals surface area contributed by atoms with E-state index >= 15 is 0 Å². The summed E-state index contributed by atoms with van der Waals surface area (Å²) in [5.41, 5.74) is 1.13. The van der Waals surface area contributed by atoms with E-state index in [2.05, 4.69) is 22.6 Å². The van der Waals surface area contributed by atoms with Crippen molar-refractivity contribution in [3.8, 4) is 11.5 Å². The van der Waals surface area contributed by atoms with Crippen molar-refractivity contribution in [2.75, 3.05) is 6.61 Å². The van der Waals surface area contributed by atoms with Crippen LogP contribution in [0, 0.1) is 9.39 Å². The van der Waals surface area contributed by atoms with Gasteiger partial charge in [0.15, 0.2) is 11.5 Å². The Hall–Kier alpha value is -2.09. The van der Waals surface area contributed by atoms with Gasteiger partial charge in [-0.3, -0.25) is 0 Å². The second-order valence-electron chi connectivity index (χ2n) is 4.81. The van der Waals surface area contributed by atoms with E-state index in [1.54, 1.807) is 30.3 Å². The second kappa shape index (κ2) is 8.68. The van der Waals surface area contributed by atoms with Gasteiger partial charge in [0.25, 0.3) is 0 Å².